The summed E-state index contributed by atoms with van der Waals surface area (Å²) < 4.78 is 0. The van der Waals surface area contributed by atoms with Crippen molar-refractivity contribution < 1.29 is 9.90 Å². The number of carbonyl (C=O) groups is 1. The second-order valence-electron chi connectivity index (χ2n) is 5.51. The molecule has 0 saturated heterocycles. The van der Waals surface area contributed by atoms with Crippen molar-refractivity contribution in [3.63, 3.8) is 0 Å². The maximum absolute atomic E-state index is 12.0. The van der Waals surface area contributed by atoms with Gasteiger partial charge in [-0.25, -0.2) is 9.78 Å². The Balaban J connectivity index is 1.47. The number of benzene rings is 1. The molecule has 3 N–H and O–H groups in total. The maximum Gasteiger partial charge on any atom is 0.315 e. The summed E-state index contributed by atoms with van der Waals surface area (Å²) >= 11 is 1.58. The average Bonchev–Trinajstić information content (AvgIpc) is 3.19. The molecule has 3 rings (SSSR count). The topological polar surface area (TPSA) is 74.2 Å². The number of carbonyl (C=O) groups excluding carboxylic acids is 1. The molecular weight excluding hydrogens is 298 g/mol. The third kappa shape index (κ3) is 3.98. The number of phenolic OH excluding ortho intramolecular Hbond substituents is 1. The molecule has 1 fully saturated rings. The zero-order valence-electron chi connectivity index (χ0n) is 12.2. The Morgan fingerprint density at radius 3 is 3.00 bits per heavy atom. The van der Waals surface area contributed by atoms with Gasteiger partial charge in [0, 0.05) is 18.1 Å². The summed E-state index contributed by atoms with van der Waals surface area (Å²) in [7, 11) is 0. The van der Waals surface area contributed by atoms with Gasteiger partial charge in [0.15, 0.2) is 0 Å². The number of aromatic hydroxyl groups is 1. The molecular formula is C16H19N3O2S. The van der Waals surface area contributed by atoms with E-state index in [-0.39, 0.29) is 17.8 Å². The number of amides is 2. The van der Waals surface area contributed by atoms with Crippen LogP contribution in [0, 0.1) is 5.92 Å². The highest BCUT2D eigenvalue weighted by Crippen LogP contribution is 2.41. The lowest BCUT2D eigenvalue weighted by atomic mass is 10.1. The first kappa shape index (κ1) is 14.8. The van der Waals surface area contributed by atoms with Crippen molar-refractivity contribution in [3.05, 3.63) is 46.4 Å². The van der Waals surface area contributed by atoms with Gasteiger partial charge in [-0.1, -0.05) is 12.1 Å². The highest BCUT2D eigenvalue weighted by Gasteiger charge is 2.34. The number of urea groups is 1. The second-order valence-corrected chi connectivity index (χ2v) is 6.43. The number of aromatic nitrogens is 1. The van der Waals surface area contributed by atoms with Gasteiger partial charge in [-0.3, -0.25) is 0 Å². The van der Waals surface area contributed by atoms with Gasteiger partial charge in [-0.15, -0.1) is 11.3 Å². The van der Waals surface area contributed by atoms with E-state index in [4.69, 9.17) is 0 Å². The summed E-state index contributed by atoms with van der Waals surface area (Å²) in [5.41, 5.74) is 0.999. The number of hydrogen-bond donors (Lipinski definition) is 3. The zero-order chi connectivity index (χ0) is 15.4. The molecule has 1 saturated carbocycles. The molecule has 0 spiro atoms. The molecule has 5 nitrogen and oxygen atoms in total. The van der Waals surface area contributed by atoms with E-state index in [9.17, 15) is 9.90 Å². The fourth-order valence-electron chi connectivity index (χ4n) is 2.42. The summed E-state index contributed by atoms with van der Waals surface area (Å²) in [5.74, 6) is 0.766. The van der Waals surface area contributed by atoms with Crippen LogP contribution in [0.5, 0.6) is 5.75 Å². The summed E-state index contributed by atoms with van der Waals surface area (Å²) in [6.07, 6.45) is 4.76. The Hall–Kier alpha value is -2.08. The third-order valence-corrected chi connectivity index (χ3v) is 4.57. The van der Waals surface area contributed by atoms with Crippen molar-refractivity contribution in [2.24, 2.45) is 5.92 Å². The summed E-state index contributed by atoms with van der Waals surface area (Å²) in [6, 6.07) is 6.95. The van der Waals surface area contributed by atoms with Crippen molar-refractivity contribution in [2.75, 3.05) is 6.54 Å². The number of nitrogens with zero attached hydrogens (tertiary/aromatic N) is 1. The quantitative estimate of drug-likeness (QED) is 0.767. The first-order valence-corrected chi connectivity index (χ1v) is 8.32. The molecule has 1 heterocycles. The summed E-state index contributed by atoms with van der Waals surface area (Å²) in [5, 5.41) is 18.2. The van der Waals surface area contributed by atoms with Gasteiger partial charge in [0.05, 0.1) is 6.04 Å². The van der Waals surface area contributed by atoms with Crippen LogP contribution in [0.25, 0.3) is 0 Å². The van der Waals surface area contributed by atoms with Crippen LogP contribution in [0.1, 0.15) is 29.5 Å². The monoisotopic (exact) mass is 317 g/mol. The largest absolute Gasteiger partial charge is 0.508 e. The Kier molecular flexibility index (Phi) is 4.58. The second kappa shape index (κ2) is 6.79. The Bertz CT molecular complexity index is 626. The predicted molar refractivity (Wildman–Crippen MR) is 85.9 cm³/mol. The lowest BCUT2D eigenvalue weighted by Crippen LogP contribution is -2.39. The number of nitrogens with one attached hydrogen (secondary N) is 2. The van der Waals surface area contributed by atoms with Crippen molar-refractivity contribution in [2.45, 2.75) is 25.3 Å². The molecule has 0 bridgehead atoms. The SMILES string of the molecule is O=C(NCCc1cccc(O)c1)NC(c1nccs1)C1CC1. The standard InChI is InChI=1S/C16H19N3O2S/c20-13-3-1-2-11(10-13)6-7-18-16(21)19-14(12-4-5-12)15-17-8-9-22-15/h1-3,8-10,12,14,20H,4-7H2,(H2,18,19,21). The number of rotatable bonds is 6. The van der Waals surface area contributed by atoms with Gasteiger partial charge in [0.1, 0.15) is 10.8 Å². The number of thiazole rings is 1. The van der Waals surface area contributed by atoms with Crippen LogP contribution in [-0.2, 0) is 6.42 Å². The Labute approximate surface area is 133 Å². The van der Waals surface area contributed by atoms with E-state index in [1.165, 1.54) is 0 Å². The lowest BCUT2D eigenvalue weighted by Gasteiger charge is -2.16. The highest BCUT2D eigenvalue weighted by atomic mass is 32.1. The molecule has 1 aromatic heterocycles. The highest BCUT2D eigenvalue weighted by molar-refractivity contribution is 7.09. The molecule has 116 valence electrons. The van der Waals surface area contributed by atoms with Crippen LogP contribution in [0.2, 0.25) is 0 Å². The van der Waals surface area contributed by atoms with Crippen molar-refractivity contribution >= 4 is 17.4 Å². The van der Waals surface area contributed by atoms with Crippen molar-refractivity contribution in [1.82, 2.24) is 15.6 Å². The Morgan fingerprint density at radius 1 is 1.45 bits per heavy atom. The number of hydrogen-bond acceptors (Lipinski definition) is 4. The van der Waals surface area contributed by atoms with Crippen LogP contribution in [-0.4, -0.2) is 22.7 Å². The molecule has 22 heavy (non-hydrogen) atoms. The van der Waals surface area contributed by atoms with Crippen LogP contribution < -0.4 is 10.6 Å². The Morgan fingerprint density at radius 2 is 2.32 bits per heavy atom. The summed E-state index contributed by atoms with van der Waals surface area (Å²) in [6.45, 7) is 0.532. The van der Waals surface area contributed by atoms with E-state index in [0.717, 1.165) is 23.4 Å². The van der Waals surface area contributed by atoms with Crippen LogP contribution in [0.4, 0.5) is 4.79 Å². The van der Waals surface area contributed by atoms with Gasteiger partial charge in [-0.05, 0) is 42.9 Å². The van der Waals surface area contributed by atoms with Gasteiger partial charge >= 0.3 is 6.03 Å². The first-order valence-electron chi connectivity index (χ1n) is 7.44. The lowest BCUT2D eigenvalue weighted by molar-refractivity contribution is 0.235. The van der Waals surface area contributed by atoms with Crippen LogP contribution >= 0.6 is 11.3 Å². The van der Waals surface area contributed by atoms with Crippen molar-refractivity contribution in [3.8, 4) is 5.75 Å². The van der Waals surface area contributed by atoms with Crippen LogP contribution in [0.3, 0.4) is 0 Å². The van der Waals surface area contributed by atoms with E-state index >= 15 is 0 Å². The fourth-order valence-corrected chi connectivity index (χ4v) is 3.20. The zero-order valence-corrected chi connectivity index (χ0v) is 13.0. The number of phenols is 1. The predicted octanol–water partition coefficient (Wildman–Crippen LogP) is 2.84. The summed E-state index contributed by atoms with van der Waals surface area (Å²) in [4.78, 5) is 16.4. The molecule has 0 radical (unpaired) electrons. The minimum absolute atomic E-state index is 0.0285. The average molecular weight is 317 g/mol. The molecule has 1 unspecified atom stereocenters. The molecule has 1 aromatic carbocycles. The van der Waals surface area contributed by atoms with E-state index in [1.54, 1.807) is 35.7 Å². The molecule has 2 amide bonds. The first-order chi connectivity index (χ1) is 10.7. The van der Waals surface area contributed by atoms with E-state index in [1.807, 2.05) is 11.4 Å². The minimum Gasteiger partial charge on any atom is -0.508 e. The van der Waals surface area contributed by atoms with Gasteiger partial charge in [0.2, 0.25) is 0 Å². The molecule has 1 aliphatic rings. The van der Waals surface area contributed by atoms with Crippen molar-refractivity contribution in [1.29, 1.82) is 0 Å². The van der Waals surface area contributed by atoms with E-state index in [0.29, 0.717) is 18.9 Å². The molecule has 1 aliphatic carbocycles. The molecule has 2 aromatic rings. The smallest absolute Gasteiger partial charge is 0.315 e. The molecule has 1 atom stereocenters. The van der Waals surface area contributed by atoms with Gasteiger partial charge < -0.3 is 15.7 Å². The minimum atomic E-state index is -0.160. The normalized spacial score (nSPS) is 15.3. The van der Waals surface area contributed by atoms with Gasteiger partial charge in [0.25, 0.3) is 0 Å². The molecule has 6 heteroatoms. The maximum atomic E-state index is 12.0. The van der Waals surface area contributed by atoms with Crippen LogP contribution in [0.15, 0.2) is 35.8 Å². The van der Waals surface area contributed by atoms with E-state index in [2.05, 4.69) is 15.6 Å². The van der Waals surface area contributed by atoms with E-state index < -0.39 is 0 Å². The fraction of sp³-hybridized carbons (Fsp3) is 0.375. The molecule has 0 aliphatic heterocycles. The van der Waals surface area contributed by atoms with Gasteiger partial charge in [-0.2, -0.15) is 0 Å². The third-order valence-electron chi connectivity index (χ3n) is 3.71.